The molecule has 1 heterocycles. The van der Waals surface area contributed by atoms with E-state index in [1.807, 2.05) is 0 Å². The smallest absolute Gasteiger partial charge is 0.360 e. The molecule has 0 saturated heterocycles. The number of rotatable bonds is 6. The SMILES string of the molecule is CN(CCCCCN)c1cccc(C(F)(F)F)n1. The standard InChI is InChI=1S/C12H18F3N3/c1-18(9-4-2-3-8-16)11-7-5-6-10(17-11)12(13,14)15/h5-7H,2-4,8-9,16H2,1H3. The lowest BCUT2D eigenvalue weighted by Gasteiger charge is -2.19. The highest BCUT2D eigenvalue weighted by Gasteiger charge is 2.32. The van der Waals surface area contributed by atoms with Gasteiger partial charge in [0.25, 0.3) is 0 Å². The number of unbranched alkanes of at least 4 members (excludes halogenated alkanes) is 2. The largest absolute Gasteiger partial charge is 0.433 e. The third-order valence-electron chi connectivity index (χ3n) is 2.61. The summed E-state index contributed by atoms with van der Waals surface area (Å²) in [6, 6.07) is 3.94. The van der Waals surface area contributed by atoms with Crippen molar-refractivity contribution < 1.29 is 13.2 Å². The predicted octanol–water partition coefficient (Wildman–Crippen LogP) is 2.67. The van der Waals surface area contributed by atoms with Crippen molar-refractivity contribution in [3.63, 3.8) is 0 Å². The molecule has 102 valence electrons. The van der Waals surface area contributed by atoms with Crippen LogP contribution in [-0.4, -0.2) is 25.1 Å². The highest BCUT2D eigenvalue weighted by molar-refractivity contribution is 5.38. The molecule has 0 unspecified atom stereocenters. The van der Waals surface area contributed by atoms with Gasteiger partial charge >= 0.3 is 6.18 Å². The molecule has 0 aliphatic heterocycles. The van der Waals surface area contributed by atoms with Crippen molar-refractivity contribution in [1.29, 1.82) is 0 Å². The number of alkyl halides is 3. The van der Waals surface area contributed by atoms with E-state index in [0.29, 0.717) is 18.9 Å². The molecule has 0 radical (unpaired) electrons. The fraction of sp³-hybridized carbons (Fsp3) is 0.583. The number of aromatic nitrogens is 1. The molecule has 2 N–H and O–H groups in total. The van der Waals surface area contributed by atoms with Crippen LogP contribution in [-0.2, 0) is 6.18 Å². The Morgan fingerprint density at radius 3 is 2.56 bits per heavy atom. The average Bonchev–Trinajstić information content (AvgIpc) is 2.33. The van der Waals surface area contributed by atoms with Gasteiger partial charge in [-0.2, -0.15) is 13.2 Å². The van der Waals surface area contributed by atoms with Crippen LogP contribution in [0.2, 0.25) is 0 Å². The highest BCUT2D eigenvalue weighted by atomic mass is 19.4. The molecule has 1 rings (SSSR count). The quantitative estimate of drug-likeness (QED) is 0.800. The second-order valence-electron chi connectivity index (χ2n) is 4.15. The number of hydrogen-bond acceptors (Lipinski definition) is 3. The van der Waals surface area contributed by atoms with Gasteiger partial charge in [-0.3, -0.25) is 0 Å². The molecule has 0 aliphatic carbocycles. The molecular formula is C12H18F3N3. The van der Waals surface area contributed by atoms with E-state index in [1.54, 1.807) is 18.0 Å². The third-order valence-corrected chi connectivity index (χ3v) is 2.61. The number of nitrogens with two attached hydrogens (primary N) is 1. The maximum Gasteiger partial charge on any atom is 0.433 e. The molecule has 0 saturated carbocycles. The van der Waals surface area contributed by atoms with Gasteiger partial charge in [0.1, 0.15) is 11.5 Å². The van der Waals surface area contributed by atoms with Crippen LogP contribution in [0.15, 0.2) is 18.2 Å². The molecule has 0 spiro atoms. The summed E-state index contributed by atoms with van der Waals surface area (Å²) in [5.74, 6) is 0.345. The van der Waals surface area contributed by atoms with Gasteiger partial charge in [0.15, 0.2) is 0 Å². The Morgan fingerprint density at radius 1 is 1.22 bits per heavy atom. The number of halogens is 3. The van der Waals surface area contributed by atoms with Gasteiger partial charge in [-0.05, 0) is 31.5 Å². The fourth-order valence-electron chi connectivity index (χ4n) is 1.58. The van der Waals surface area contributed by atoms with E-state index in [2.05, 4.69) is 4.98 Å². The molecule has 0 amide bonds. The first-order valence-electron chi connectivity index (χ1n) is 5.90. The molecule has 1 aromatic rings. The first kappa shape index (κ1) is 14.8. The van der Waals surface area contributed by atoms with Crippen molar-refractivity contribution in [2.45, 2.75) is 25.4 Å². The van der Waals surface area contributed by atoms with Crippen LogP contribution in [0.1, 0.15) is 25.0 Å². The minimum absolute atomic E-state index is 0.345. The van der Waals surface area contributed by atoms with Gasteiger partial charge in [0, 0.05) is 13.6 Å². The molecule has 0 aliphatic rings. The van der Waals surface area contributed by atoms with Gasteiger partial charge in [0.2, 0.25) is 0 Å². The normalized spacial score (nSPS) is 11.6. The molecule has 0 bridgehead atoms. The van der Waals surface area contributed by atoms with E-state index in [-0.39, 0.29) is 0 Å². The van der Waals surface area contributed by atoms with Crippen molar-refractivity contribution >= 4 is 5.82 Å². The molecular weight excluding hydrogens is 243 g/mol. The third kappa shape index (κ3) is 4.52. The van der Waals surface area contributed by atoms with E-state index in [4.69, 9.17) is 5.73 Å². The fourth-order valence-corrected chi connectivity index (χ4v) is 1.58. The lowest BCUT2D eigenvalue weighted by atomic mass is 10.2. The van der Waals surface area contributed by atoms with Crippen LogP contribution < -0.4 is 10.6 Å². The summed E-state index contributed by atoms with van der Waals surface area (Å²) < 4.78 is 37.5. The summed E-state index contributed by atoms with van der Waals surface area (Å²) in [5, 5.41) is 0. The van der Waals surface area contributed by atoms with E-state index < -0.39 is 11.9 Å². The van der Waals surface area contributed by atoms with Crippen molar-refractivity contribution in [2.75, 3.05) is 25.0 Å². The van der Waals surface area contributed by atoms with Crippen LogP contribution >= 0.6 is 0 Å². The van der Waals surface area contributed by atoms with Crippen LogP contribution in [0.5, 0.6) is 0 Å². The van der Waals surface area contributed by atoms with Crippen LogP contribution in [0.4, 0.5) is 19.0 Å². The topological polar surface area (TPSA) is 42.1 Å². The van der Waals surface area contributed by atoms with Gasteiger partial charge in [-0.25, -0.2) is 4.98 Å². The molecule has 0 atom stereocenters. The summed E-state index contributed by atoms with van der Waals surface area (Å²) in [6.07, 6.45) is -1.59. The number of hydrogen-bond donors (Lipinski definition) is 1. The Bertz CT molecular complexity index is 366. The predicted molar refractivity (Wildman–Crippen MR) is 65.4 cm³/mol. The van der Waals surface area contributed by atoms with E-state index in [9.17, 15) is 13.2 Å². The molecule has 0 aromatic carbocycles. The number of anilines is 1. The van der Waals surface area contributed by atoms with Crippen LogP contribution in [0.25, 0.3) is 0 Å². The molecule has 18 heavy (non-hydrogen) atoms. The minimum atomic E-state index is -4.39. The molecule has 3 nitrogen and oxygen atoms in total. The van der Waals surface area contributed by atoms with Gasteiger partial charge in [0.05, 0.1) is 0 Å². The first-order valence-corrected chi connectivity index (χ1v) is 5.90. The lowest BCUT2D eigenvalue weighted by molar-refractivity contribution is -0.141. The maximum atomic E-state index is 12.5. The van der Waals surface area contributed by atoms with Crippen molar-refractivity contribution in [1.82, 2.24) is 4.98 Å². The Balaban J connectivity index is 2.60. The second kappa shape index (κ2) is 6.58. The zero-order valence-electron chi connectivity index (χ0n) is 10.4. The zero-order valence-corrected chi connectivity index (χ0v) is 10.4. The van der Waals surface area contributed by atoms with E-state index >= 15 is 0 Å². The van der Waals surface area contributed by atoms with Crippen molar-refractivity contribution in [3.05, 3.63) is 23.9 Å². The number of nitrogens with zero attached hydrogens (tertiary/aromatic N) is 2. The van der Waals surface area contributed by atoms with Crippen LogP contribution in [0.3, 0.4) is 0 Å². The minimum Gasteiger partial charge on any atom is -0.360 e. The zero-order chi connectivity index (χ0) is 13.6. The molecule has 0 fully saturated rings. The summed E-state index contributed by atoms with van der Waals surface area (Å²) in [5.41, 5.74) is 4.52. The van der Waals surface area contributed by atoms with Crippen molar-refractivity contribution in [2.24, 2.45) is 5.73 Å². The highest BCUT2D eigenvalue weighted by Crippen LogP contribution is 2.28. The summed E-state index contributed by atoms with van der Waals surface area (Å²) in [4.78, 5) is 5.35. The van der Waals surface area contributed by atoms with E-state index in [0.717, 1.165) is 25.3 Å². The van der Waals surface area contributed by atoms with Crippen LogP contribution in [0, 0.1) is 0 Å². The average molecular weight is 261 g/mol. The molecule has 6 heteroatoms. The van der Waals surface area contributed by atoms with Gasteiger partial charge in [-0.15, -0.1) is 0 Å². The van der Waals surface area contributed by atoms with E-state index in [1.165, 1.54) is 6.07 Å². The number of pyridine rings is 1. The Morgan fingerprint density at radius 2 is 1.94 bits per heavy atom. The molecule has 1 aromatic heterocycles. The first-order chi connectivity index (χ1) is 8.45. The Kier molecular flexibility index (Phi) is 5.40. The Hall–Kier alpha value is -1.30. The second-order valence-corrected chi connectivity index (χ2v) is 4.15. The summed E-state index contributed by atoms with van der Waals surface area (Å²) in [6.45, 7) is 1.32. The summed E-state index contributed by atoms with van der Waals surface area (Å²) in [7, 11) is 1.74. The Labute approximate surface area is 105 Å². The van der Waals surface area contributed by atoms with Crippen molar-refractivity contribution in [3.8, 4) is 0 Å². The van der Waals surface area contributed by atoms with Gasteiger partial charge in [-0.1, -0.05) is 12.5 Å². The summed E-state index contributed by atoms with van der Waals surface area (Å²) >= 11 is 0. The van der Waals surface area contributed by atoms with Gasteiger partial charge < -0.3 is 10.6 Å². The monoisotopic (exact) mass is 261 g/mol. The maximum absolute atomic E-state index is 12.5. The lowest BCUT2D eigenvalue weighted by Crippen LogP contribution is -2.21.